The molecule has 1 aromatic carbocycles. The first kappa shape index (κ1) is 11.8. The predicted molar refractivity (Wildman–Crippen MR) is 62.4 cm³/mol. The van der Waals surface area contributed by atoms with Crippen LogP contribution in [0.2, 0.25) is 0 Å². The van der Waals surface area contributed by atoms with Crippen LogP contribution in [0.5, 0.6) is 0 Å². The van der Waals surface area contributed by atoms with E-state index in [4.69, 9.17) is 4.74 Å². The van der Waals surface area contributed by atoms with Crippen LogP contribution in [0.15, 0.2) is 24.3 Å². The zero-order chi connectivity index (χ0) is 12.4. The van der Waals surface area contributed by atoms with Gasteiger partial charge in [0.25, 0.3) is 0 Å². The third kappa shape index (κ3) is 2.22. The average Bonchev–Trinajstić information content (AvgIpc) is 2.71. The molecule has 4 heteroatoms. The number of hydrogen-bond acceptors (Lipinski definition) is 4. The molecule has 1 fully saturated rings. The SMILES string of the molecule is CC(C)[C@@H]1NC(c2ccccc2C=O)OC1=O. The molecule has 1 saturated heterocycles. The van der Waals surface area contributed by atoms with E-state index in [1.807, 2.05) is 19.9 Å². The molecule has 0 aliphatic carbocycles. The smallest absolute Gasteiger partial charge is 0.325 e. The molecule has 0 saturated carbocycles. The Morgan fingerprint density at radius 2 is 2.06 bits per heavy atom. The van der Waals surface area contributed by atoms with Crippen LogP contribution in [-0.2, 0) is 9.53 Å². The Kier molecular flexibility index (Phi) is 3.24. The molecule has 90 valence electrons. The van der Waals surface area contributed by atoms with Crippen molar-refractivity contribution >= 4 is 12.3 Å². The number of aldehydes is 1. The lowest BCUT2D eigenvalue weighted by atomic mass is 10.0. The summed E-state index contributed by atoms with van der Waals surface area (Å²) in [7, 11) is 0. The van der Waals surface area contributed by atoms with Crippen LogP contribution in [0.25, 0.3) is 0 Å². The molecule has 1 aromatic rings. The Balaban J connectivity index is 2.25. The van der Waals surface area contributed by atoms with Gasteiger partial charge in [0.15, 0.2) is 12.5 Å². The fourth-order valence-electron chi connectivity index (χ4n) is 1.93. The van der Waals surface area contributed by atoms with E-state index in [-0.39, 0.29) is 17.9 Å². The molecule has 0 radical (unpaired) electrons. The van der Waals surface area contributed by atoms with Gasteiger partial charge in [-0.1, -0.05) is 38.1 Å². The summed E-state index contributed by atoms with van der Waals surface area (Å²) in [6.45, 7) is 3.90. The maximum Gasteiger partial charge on any atom is 0.325 e. The van der Waals surface area contributed by atoms with Crippen molar-refractivity contribution in [1.29, 1.82) is 0 Å². The van der Waals surface area contributed by atoms with Crippen LogP contribution >= 0.6 is 0 Å². The molecular formula is C13H15NO3. The first-order valence-electron chi connectivity index (χ1n) is 5.64. The van der Waals surface area contributed by atoms with Crippen molar-refractivity contribution in [2.45, 2.75) is 26.1 Å². The van der Waals surface area contributed by atoms with E-state index in [9.17, 15) is 9.59 Å². The van der Waals surface area contributed by atoms with Gasteiger partial charge in [0.1, 0.15) is 6.04 Å². The Labute approximate surface area is 100.0 Å². The Morgan fingerprint density at radius 1 is 1.35 bits per heavy atom. The van der Waals surface area contributed by atoms with Crippen LogP contribution in [0.1, 0.15) is 36.0 Å². The van der Waals surface area contributed by atoms with E-state index in [2.05, 4.69) is 5.32 Å². The van der Waals surface area contributed by atoms with Crippen molar-refractivity contribution in [1.82, 2.24) is 5.32 Å². The van der Waals surface area contributed by atoms with Crippen LogP contribution < -0.4 is 5.32 Å². The van der Waals surface area contributed by atoms with E-state index in [1.165, 1.54) is 0 Å². The van der Waals surface area contributed by atoms with Crippen molar-refractivity contribution < 1.29 is 14.3 Å². The number of esters is 1. The zero-order valence-corrected chi connectivity index (χ0v) is 9.84. The van der Waals surface area contributed by atoms with E-state index in [0.717, 1.165) is 6.29 Å². The highest BCUT2D eigenvalue weighted by Gasteiger charge is 2.36. The molecule has 0 aromatic heterocycles. The summed E-state index contributed by atoms with van der Waals surface area (Å²) in [4.78, 5) is 22.5. The highest BCUT2D eigenvalue weighted by molar-refractivity contribution is 5.80. The zero-order valence-electron chi connectivity index (χ0n) is 9.84. The molecule has 4 nitrogen and oxygen atoms in total. The fraction of sp³-hybridized carbons (Fsp3) is 0.385. The largest absolute Gasteiger partial charge is 0.441 e. The number of carbonyl (C=O) groups is 2. The molecule has 1 N–H and O–H groups in total. The quantitative estimate of drug-likeness (QED) is 0.637. The number of ether oxygens (including phenoxy) is 1. The van der Waals surface area contributed by atoms with Gasteiger partial charge in [-0.05, 0) is 5.92 Å². The standard InChI is InChI=1S/C13H15NO3/c1-8(2)11-13(16)17-12(14-11)10-6-4-3-5-9(10)7-15/h3-8,11-12,14H,1-2H3/t11-,12?/m0/s1. The molecule has 17 heavy (non-hydrogen) atoms. The van der Waals surface area contributed by atoms with Crippen molar-refractivity contribution in [2.24, 2.45) is 5.92 Å². The second-order valence-corrected chi connectivity index (χ2v) is 4.45. The molecule has 0 amide bonds. The second kappa shape index (κ2) is 4.67. The predicted octanol–water partition coefficient (Wildman–Crippen LogP) is 1.67. The third-order valence-electron chi connectivity index (χ3n) is 2.89. The van der Waals surface area contributed by atoms with Crippen molar-refractivity contribution in [3.8, 4) is 0 Å². The number of cyclic esters (lactones) is 1. The number of nitrogens with one attached hydrogen (secondary N) is 1. The Morgan fingerprint density at radius 3 is 2.65 bits per heavy atom. The summed E-state index contributed by atoms with van der Waals surface area (Å²) >= 11 is 0. The molecule has 0 bridgehead atoms. The maximum atomic E-state index is 11.6. The van der Waals surface area contributed by atoms with Gasteiger partial charge < -0.3 is 4.74 Å². The molecule has 1 heterocycles. The summed E-state index contributed by atoms with van der Waals surface area (Å²) in [6, 6.07) is 6.79. The fourth-order valence-corrected chi connectivity index (χ4v) is 1.93. The third-order valence-corrected chi connectivity index (χ3v) is 2.89. The normalized spacial score (nSPS) is 23.8. The summed E-state index contributed by atoms with van der Waals surface area (Å²) in [5.41, 5.74) is 1.25. The minimum Gasteiger partial charge on any atom is -0.441 e. The van der Waals surface area contributed by atoms with Crippen molar-refractivity contribution in [3.05, 3.63) is 35.4 Å². The number of hydrogen-bond donors (Lipinski definition) is 1. The molecule has 2 rings (SSSR count). The van der Waals surface area contributed by atoms with Crippen molar-refractivity contribution in [2.75, 3.05) is 0 Å². The molecular weight excluding hydrogens is 218 g/mol. The first-order valence-corrected chi connectivity index (χ1v) is 5.64. The lowest BCUT2D eigenvalue weighted by Crippen LogP contribution is -2.33. The lowest BCUT2D eigenvalue weighted by Gasteiger charge is -2.13. The Hall–Kier alpha value is -1.68. The number of rotatable bonds is 3. The van der Waals surface area contributed by atoms with Gasteiger partial charge in [0.2, 0.25) is 0 Å². The summed E-state index contributed by atoms with van der Waals surface area (Å²) < 4.78 is 5.25. The second-order valence-electron chi connectivity index (χ2n) is 4.45. The first-order chi connectivity index (χ1) is 8.13. The maximum absolute atomic E-state index is 11.6. The van der Waals surface area contributed by atoms with Gasteiger partial charge in [-0.2, -0.15) is 0 Å². The highest BCUT2D eigenvalue weighted by atomic mass is 16.6. The molecule has 1 aliphatic heterocycles. The van der Waals surface area contributed by atoms with Gasteiger partial charge >= 0.3 is 5.97 Å². The van der Waals surface area contributed by atoms with Crippen LogP contribution in [0.4, 0.5) is 0 Å². The minimum absolute atomic E-state index is 0.163. The summed E-state index contributed by atoms with van der Waals surface area (Å²) in [6.07, 6.45) is 0.254. The number of carbonyl (C=O) groups excluding carboxylic acids is 2. The van der Waals surface area contributed by atoms with E-state index in [1.54, 1.807) is 18.2 Å². The van der Waals surface area contributed by atoms with Crippen LogP contribution in [0.3, 0.4) is 0 Å². The van der Waals surface area contributed by atoms with Gasteiger partial charge in [-0.15, -0.1) is 0 Å². The minimum atomic E-state index is -0.517. The van der Waals surface area contributed by atoms with Crippen LogP contribution in [-0.4, -0.2) is 18.3 Å². The summed E-state index contributed by atoms with van der Waals surface area (Å²) in [5.74, 6) is -0.0957. The van der Waals surface area contributed by atoms with Crippen molar-refractivity contribution in [3.63, 3.8) is 0 Å². The monoisotopic (exact) mass is 233 g/mol. The van der Waals surface area contributed by atoms with Gasteiger partial charge in [0.05, 0.1) is 0 Å². The van der Waals surface area contributed by atoms with E-state index < -0.39 is 6.23 Å². The highest BCUT2D eigenvalue weighted by Crippen LogP contribution is 2.26. The van der Waals surface area contributed by atoms with Gasteiger partial charge in [0, 0.05) is 11.1 Å². The Bertz CT molecular complexity index is 442. The van der Waals surface area contributed by atoms with Gasteiger partial charge in [-0.25, -0.2) is 0 Å². The molecule has 2 atom stereocenters. The lowest BCUT2D eigenvalue weighted by molar-refractivity contribution is -0.143. The molecule has 1 aliphatic rings. The van der Waals surface area contributed by atoms with Gasteiger partial charge in [-0.3, -0.25) is 14.9 Å². The molecule has 1 unspecified atom stereocenters. The average molecular weight is 233 g/mol. The summed E-state index contributed by atoms with van der Waals surface area (Å²) in [5, 5.41) is 3.10. The molecule has 0 spiro atoms. The van der Waals surface area contributed by atoms with E-state index >= 15 is 0 Å². The number of benzene rings is 1. The van der Waals surface area contributed by atoms with Crippen LogP contribution in [0, 0.1) is 5.92 Å². The van der Waals surface area contributed by atoms with E-state index in [0.29, 0.717) is 11.1 Å². The topological polar surface area (TPSA) is 55.4 Å².